The lowest BCUT2D eigenvalue weighted by molar-refractivity contribution is -0.127. The van der Waals surface area contributed by atoms with Gasteiger partial charge in [-0.3, -0.25) is 9.69 Å². The van der Waals surface area contributed by atoms with E-state index in [2.05, 4.69) is 53.2 Å². The second-order valence-corrected chi connectivity index (χ2v) is 8.13. The zero-order valence-electron chi connectivity index (χ0n) is 14.8. The van der Waals surface area contributed by atoms with E-state index in [0.29, 0.717) is 17.7 Å². The highest BCUT2D eigenvalue weighted by Gasteiger charge is 2.30. The molecule has 2 heterocycles. The predicted octanol–water partition coefficient (Wildman–Crippen LogP) is 2.41. The summed E-state index contributed by atoms with van der Waals surface area (Å²) in [6, 6.07) is 9.19. The third kappa shape index (κ3) is 4.52. The van der Waals surface area contributed by atoms with Crippen molar-refractivity contribution in [2.24, 2.45) is 0 Å². The fraction of sp³-hybridized carbons (Fsp3) is 0.632. The number of benzene rings is 1. The Kier molecular flexibility index (Phi) is 6.19. The highest BCUT2D eigenvalue weighted by Crippen LogP contribution is 2.23. The van der Waals surface area contributed by atoms with Gasteiger partial charge in [-0.2, -0.15) is 0 Å². The Bertz CT molecular complexity index is 540. The van der Waals surface area contributed by atoms with Crippen LogP contribution in [0.15, 0.2) is 29.2 Å². The second kappa shape index (κ2) is 8.37. The van der Waals surface area contributed by atoms with Gasteiger partial charge < -0.3 is 10.2 Å². The van der Waals surface area contributed by atoms with Crippen molar-refractivity contribution >= 4 is 17.7 Å². The van der Waals surface area contributed by atoms with Gasteiger partial charge in [0.25, 0.3) is 0 Å². The number of nitrogens with zero attached hydrogens (tertiary/aromatic N) is 2. The molecule has 0 aromatic heterocycles. The van der Waals surface area contributed by atoms with Gasteiger partial charge in [-0.15, -0.1) is 11.8 Å². The molecule has 2 fully saturated rings. The van der Waals surface area contributed by atoms with Crippen molar-refractivity contribution in [2.75, 3.05) is 45.0 Å². The van der Waals surface area contributed by atoms with Crippen molar-refractivity contribution in [3.05, 3.63) is 29.8 Å². The molecule has 1 atom stereocenters. The molecule has 2 saturated heterocycles. The van der Waals surface area contributed by atoms with E-state index in [1.165, 1.54) is 10.5 Å². The maximum atomic E-state index is 12.5. The van der Waals surface area contributed by atoms with Gasteiger partial charge in [0.1, 0.15) is 0 Å². The number of rotatable bonds is 5. The quantitative estimate of drug-likeness (QED) is 0.830. The minimum absolute atomic E-state index is 0.283. The Labute approximate surface area is 150 Å². The molecule has 132 valence electrons. The summed E-state index contributed by atoms with van der Waals surface area (Å²) in [6.07, 6.45) is 1.12. The number of hydrogen-bond acceptors (Lipinski definition) is 4. The first kappa shape index (κ1) is 17.8. The van der Waals surface area contributed by atoms with E-state index in [1.807, 2.05) is 0 Å². The standard InChI is InChI=1S/C19H29N3OS/c1-15(2)16-3-5-18(6-4-16)24-14-19(23)22-10-7-17(13-22)21-11-8-20-9-12-21/h3-6,15,17,20H,7-14H2,1-2H3. The van der Waals surface area contributed by atoms with Crippen LogP contribution in [0.2, 0.25) is 0 Å². The lowest BCUT2D eigenvalue weighted by Crippen LogP contribution is -2.49. The molecule has 1 aromatic carbocycles. The van der Waals surface area contributed by atoms with Crippen LogP contribution in [0.25, 0.3) is 0 Å². The van der Waals surface area contributed by atoms with Crippen LogP contribution in [-0.2, 0) is 4.79 Å². The SMILES string of the molecule is CC(C)c1ccc(SCC(=O)N2CCC(N3CCNCC3)C2)cc1. The zero-order valence-corrected chi connectivity index (χ0v) is 15.6. The maximum Gasteiger partial charge on any atom is 0.232 e. The molecule has 24 heavy (non-hydrogen) atoms. The van der Waals surface area contributed by atoms with Crippen LogP contribution >= 0.6 is 11.8 Å². The first-order chi connectivity index (χ1) is 11.6. The Morgan fingerprint density at radius 3 is 2.58 bits per heavy atom. The summed E-state index contributed by atoms with van der Waals surface area (Å²) in [5.41, 5.74) is 1.35. The third-order valence-corrected chi connectivity index (χ3v) is 6.09. The molecule has 2 aliphatic rings. The lowest BCUT2D eigenvalue weighted by Gasteiger charge is -2.32. The van der Waals surface area contributed by atoms with E-state index < -0.39 is 0 Å². The third-order valence-electron chi connectivity index (χ3n) is 5.09. The number of piperazine rings is 1. The number of carbonyl (C=O) groups is 1. The first-order valence-electron chi connectivity index (χ1n) is 9.09. The van der Waals surface area contributed by atoms with E-state index in [-0.39, 0.29) is 5.91 Å². The largest absolute Gasteiger partial charge is 0.340 e. The van der Waals surface area contributed by atoms with Crippen LogP contribution in [0.1, 0.15) is 31.7 Å². The zero-order chi connectivity index (χ0) is 16.9. The van der Waals surface area contributed by atoms with Crippen molar-refractivity contribution in [1.29, 1.82) is 0 Å². The van der Waals surface area contributed by atoms with Gasteiger partial charge in [-0.25, -0.2) is 0 Å². The Balaban J connectivity index is 1.45. The molecule has 0 aliphatic carbocycles. The summed E-state index contributed by atoms with van der Waals surface area (Å²) < 4.78 is 0. The van der Waals surface area contributed by atoms with Crippen LogP contribution in [0.4, 0.5) is 0 Å². The normalized spacial score (nSPS) is 22.3. The molecule has 1 N–H and O–H groups in total. The molecule has 0 radical (unpaired) electrons. The molecule has 4 nitrogen and oxygen atoms in total. The number of hydrogen-bond donors (Lipinski definition) is 1. The van der Waals surface area contributed by atoms with Gasteiger partial charge in [0.15, 0.2) is 0 Å². The van der Waals surface area contributed by atoms with Crippen molar-refractivity contribution < 1.29 is 4.79 Å². The molecular formula is C19H29N3OS. The van der Waals surface area contributed by atoms with Gasteiger partial charge in [0, 0.05) is 50.2 Å². The number of carbonyl (C=O) groups excluding carboxylic acids is 1. The Morgan fingerprint density at radius 1 is 1.21 bits per heavy atom. The van der Waals surface area contributed by atoms with Gasteiger partial charge in [-0.05, 0) is 30.0 Å². The summed E-state index contributed by atoms with van der Waals surface area (Å²) in [5.74, 6) is 1.39. The van der Waals surface area contributed by atoms with Crippen LogP contribution in [0, 0.1) is 0 Å². The van der Waals surface area contributed by atoms with Crippen molar-refractivity contribution in [3.63, 3.8) is 0 Å². The van der Waals surface area contributed by atoms with E-state index in [9.17, 15) is 4.79 Å². The molecule has 3 rings (SSSR count). The summed E-state index contributed by atoms with van der Waals surface area (Å²) in [5, 5.41) is 3.40. The molecular weight excluding hydrogens is 318 g/mol. The average Bonchev–Trinajstić information content (AvgIpc) is 3.11. The number of amides is 1. The van der Waals surface area contributed by atoms with Gasteiger partial charge in [0.05, 0.1) is 5.75 Å². The van der Waals surface area contributed by atoms with E-state index in [0.717, 1.165) is 45.7 Å². The molecule has 2 aliphatic heterocycles. The fourth-order valence-electron chi connectivity index (χ4n) is 3.50. The highest BCUT2D eigenvalue weighted by molar-refractivity contribution is 8.00. The van der Waals surface area contributed by atoms with E-state index >= 15 is 0 Å². The molecule has 0 spiro atoms. The minimum atomic E-state index is 0.283. The number of thioether (sulfide) groups is 1. The van der Waals surface area contributed by atoms with Crippen molar-refractivity contribution in [2.45, 2.75) is 37.1 Å². The minimum Gasteiger partial charge on any atom is -0.340 e. The topological polar surface area (TPSA) is 35.6 Å². The monoisotopic (exact) mass is 347 g/mol. The Hall–Kier alpha value is -1.04. The van der Waals surface area contributed by atoms with Crippen LogP contribution in [-0.4, -0.2) is 66.8 Å². The summed E-state index contributed by atoms with van der Waals surface area (Å²) >= 11 is 1.66. The van der Waals surface area contributed by atoms with E-state index in [4.69, 9.17) is 0 Å². The number of likely N-dealkylation sites (tertiary alicyclic amines) is 1. The van der Waals surface area contributed by atoms with Crippen LogP contribution in [0.5, 0.6) is 0 Å². The maximum absolute atomic E-state index is 12.5. The van der Waals surface area contributed by atoms with Crippen LogP contribution < -0.4 is 5.32 Å². The van der Waals surface area contributed by atoms with Crippen molar-refractivity contribution in [3.8, 4) is 0 Å². The number of nitrogens with one attached hydrogen (secondary N) is 1. The average molecular weight is 348 g/mol. The fourth-order valence-corrected chi connectivity index (χ4v) is 4.30. The predicted molar refractivity (Wildman–Crippen MR) is 101 cm³/mol. The molecule has 0 bridgehead atoms. The van der Waals surface area contributed by atoms with Crippen molar-refractivity contribution in [1.82, 2.24) is 15.1 Å². The smallest absolute Gasteiger partial charge is 0.232 e. The molecule has 0 saturated carbocycles. The second-order valence-electron chi connectivity index (χ2n) is 7.08. The molecule has 1 amide bonds. The highest BCUT2D eigenvalue weighted by atomic mass is 32.2. The Morgan fingerprint density at radius 2 is 1.92 bits per heavy atom. The summed E-state index contributed by atoms with van der Waals surface area (Å²) in [7, 11) is 0. The molecule has 5 heteroatoms. The lowest BCUT2D eigenvalue weighted by atomic mass is 10.0. The van der Waals surface area contributed by atoms with Gasteiger partial charge >= 0.3 is 0 Å². The molecule has 1 aromatic rings. The van der Waals surface area contributed by atoms with Gasteiger partial charge in [0.2, 0.25) is 5.91 Å². The van der Waals surface area contributed by atoms with Crippen LogP contribution in [0.3, 0.4) is 0 Å². The van der Waals surface area contributed by atoms with Gasteiger partial charge in [-0.1, -0.05) is 26.0 Å². The summed E-state index contributed by atoms with van der Waals surface area (Å²) in [4.78, 5) is 18.3. The molecule has 1 unspecified atom stereocenters. The first-order valence-corrected chi connectivity index (χ1v) is 10.1. The van der Waals surface area contributed by atoms with E-state index in [1.54, 1.807) is 11.8 Å². The summed E-state index contributed by atoms with van der Waals surface area (Å²) in [6.45, 7) is 10.6.